The van der Waals surface area contributed by atoms with Crippen LogP contribution in [0.2, 0.25) is 0 Å². The molecule has 2 aromatic carbocycles. The molecule has 0 N–H and O–H groups in total. The van der Waals surface area contributed by atoms with E-state index in [9.17, 15) is 9.18 Å². The lowest BCUT2D eigenvalue weighted by Gasteiger charge is -2.22. The average molecular weight is 411 g/mol. The van der Waals surface area contributed by atoms with E-state index < -0.39 is 0 Å². The highest BCUT2D eigenvalue weighted by atomic mass is 32.2. The fourth-order valence-corrected chi connectivity index (χ4v) is 4.73. The van der Waals surface area contributed by atoms with Crippen LogP contribution >= 0.6 is 23.1 Å². The highest BCUT2D eigenvalue weighted by Crippen LogP contribution is 2.34. The number of hydrogen-bond donors (Lipinski definition) is 0. The predicted molar refractivity (Wildman–Crippen MR) is 114 cm³/mol. The summed E-state index contributed by atoms with van der Waals surface area (Å²) in [7, 11) is 0. The number of amides is 1. The van der Waals surface area contributed by atoms with Crippen LogP contribution in [0.25, 0.3) is 0 Å². The SMILES string of the molecule is O=C(CSCc1ccccc1)N1N=C(c2cccs2)CC1c1ccc(F)cc1. The Bertz CT molecular complexity index is 956. The van der Waals surface area contributed by atoms with Crippen LogP contribution in [0.1, 0.15) is 28.5 Å². The van der Waals surface area contributed by atoms with E-state index in [4.69, 9.17) is 0 Å². The standard InChI is InChI=1S/C22H19FN2OS2/c23-18-10-8-17(9-11-18)20-13-19(21-7-4-12-28-21)24-25(20)22(26)15-27-14-16-5-2-1-3-6-16/h1-12,20H,13-15H2. The number of carbonyl (C=O) groups is 1. The Morgan fingerprint density at radius 3 is 2.61 bits per heavy atom. The molecule has 1 unspecified atom stereocenters. The van der Waals surface area contributed by atoms with E-state index in [1.807, 2.05) is 35.7 Å². The van der Waals surface area contributed by atoms with Gasteiger partial charge in [0.15, 0.2) is 0 Å². The lowest BCUT2D eigenvalue weighted by atomic mass is 10.0. The number of hydrogen-bond acceptors (Lipinski definition) is 4. The van der Waals surface area contributed by atoms with Crippen molar-refractivity contribution in [1.82, 2.24) is 5.01 Å². The highest BCUT2D eigenvalue weighted by molar-refractivity contribution is 7.99. The molecule has 1 aliphatic rings. The summed E-state index contributed by atoms with van der Waals surface area (Å²) >= 11 is 3.20. The van der Waals surface area contributed by atoms with E-state index in [0.717, 1.165) is 21.9 Å². The number of benzene rings is 2. The first-order valence-electron chi connectivity index (χ1n) is 9.01. The molecule has 1 aliphatic heterocycles. The predicted octanol–water partition coefficient (Wildman–Crippen LogP) is 5.50. The zero-order valence-corrected chi connectivity index (χ0v) is 16.8. The van der Waals surface area contributed by atoms with E-state index in [0.29, 0.717) is 12.2 Å². The van der Waals surface area contributed by atoms with Gasteiger partial charge in [-0.05, 0) is 34.7 Å². The normalized spacial score (nSPS) is 16.2. The third-order valence-electron chi connectivity index (χ3n) is 4.56. The summed E-state index contributed by atoms with van der Waals surface area (Å²) < 4.78 is 13.3. The molecule has 0 bridgehead atoms. The van der Waals surface area contributed by atoms with Gasteiger partial charge in [-0.2, -0.15) is 5.10 Å². The number of thiophene rings is 1. The minimum absolute atomic E-state index is 0.0261. The molecule has 1 amide bonds. The quantitative estimate of drug-likeness (QED) is 0.538. The zero-order valence-electron chi connectivity index (χ0n) is 15.1. The van der Waals surface area contributed by atoms with Crippen molar-refractivity contribution >= 4 is 34.7 Å². The second kappa shape index (κ2) is 8.71. The van der Waals surface area contributed by atoms with E-state index in [1.54, 1.807) is 40.2 Å². The van der Waals surface area contributed by atoms with Gasteiger partial charge in [0.25, 0.3) is 5.91 Å². The van der Waals surface area contributed by atoms with E-state index in [2.05, 4.69) is 17.2 Å². The smallest absolute Gasteiger partial charge is 0.253 e. The second-order valence-electron chi connectivity index (χ2n) is 6.51. The minimum Gasteiger partial charge on any atom is -0.272 e. The molecule has 142 valence electrons. The molecular formula is C22H19FN2OS2. The van der Waals surface area contributed by atoms with Gasteiger partial charge in [-0.3, -0.25) is 4.79 Å². The van der Waals surface area contributed by atoms with Gasteiger partial charge in [-0.15, -0.1) is 23.1 Å². The van der Waals surface area contributed by atoms with Gasteiger partial charge in [0, 0.05) is 12.2 Å². The third kappa shape index (κ3) is 4.34. The van der Waals surface area contributed by atoms with Gasteiger partial charge in [0.1, 0.15) is 5.82 Å². The van der Waals surface area contributed by atoms with Crippen LogP contribution < -0.4 is 0 Å². The Balaban J connectivity index is 1.49. The topological polar surface area (TPSA) is 32.7 Å². The molecule has 0 radical (unpaired) electrons. The van der Waals surface area contributed by atoms with Gasteiger partial charge < -0.3 is 0 Å². The van der Waals surface area contributed by atoms with Crippen molar-refractivity contribution in [2.24, 2.45) is 5.10 Å². The molecule has 0 aliphatic carbocycles. The molecule has 0 saturated carbocycles. The average Bonchev–Trinajstić information content (AvgIpc) is 3.39. The van der Waals surface area contributed by atoms with E-state index in [-0.39, 0.29) is 17.8 Å². The molecule has 1 atom stereocenters. The number of halogens is 1. The Hall–Kier alpha value is -2.44. The Morgan fingerprint density at radius 1 is 1.11 bits per heavy atom. The van der Waals surface area contributed by atoms with E-state index >= 15 is 0 Å². The van der Waals surface area contributed by atoms with Crippen molar-refractivity contribution in [1.29, 1.82) is 0 Å². The maximum atomic E-state index is 13.3. The molecule has 0 spiro atoms. The minimum atomic E-state index is -0.280. The summed E-state index contributed by atoms with van der Waals surface area (Å²) in [5.74, 6) is 0.830. The van der Waals surface area contributed by atoms with E-state index in [1.165, 1.54) is 17.7 Å². The number of thioether (sulfide) groups is 1. The first kappa shape index (κ1) is 18.9. The summed E-state index contributed by atoms with van der Waals surface area (Å²) in [5, 5.41) is 8.23. The summed E-state index contributed by atoms with van der Waals surface area (Å²) in [6.07, 6.45) is 0.640. The second-order valence-corrected chi connectivity index (χ2v) is 8.45. The van der Waals surface area contributed by atoms with Crippen molar-refractivity contribution in [2.45, 2.75) is 18.2 Å². The van der Waals surface area contributed by atoms with Gasteiger partial charge in [0.05, 0.1) is 22.4 Å². The van der Waals surface area contributed by atoms with Crippen LogP contribution in [0.3, 0.4) is 0 Å². The van der Waals surface area contributed by atoms with Crippen molar-refractivity contribution in [2.75, 3.05) is 5.75 Å². The summed E-state index contributed by atoms with van der Waals surface area (Å²) in [4.78, 5) is 14.0. The summed E-state index contributed by atoms with van der Waals surface area (Å²) in [5.41, 5.74) is 3.00. The summed E-state index contributed by atoms with van der Waals surface area (Å²) in [6, 6.07) is 20.3. The van der Waals surface area contributed by atoms with Gasteiger partial charge >= 0.3 is 0 Å². The molecule has 28 heavy (non-hydrogen) atoms. The lowest BCUT2D eigenvalue weighted by Crippen LogP contribution is -2.28. The first-order chi connectivity index (χ1) is 13.7. The molecular weight excluding hydrogens is 391 g/mol. The van der Waals surface area contributed by atoms with Crippen LogP contribution in [-0.4, -0.2) is 22.4 Å². The maximum Gasteiger partial charge on any atom is 0.253 e. The molecule has 3 aromatic rings. The molecule has 4 rings (SSSR count). The monoisotopic (exact) mass is 410 g/mol. The highest BCUT2D eigenvalue weighted by Gasteiger charge is 2.33. The molecule has 0 saturated heterocycles. The molecule has 0 fully saturated rings. The van der Waals surface area contributed by atoms with Gasteiger partial charge in [-0.25, -0.2) is 9.40 Å². The lowest BCUT2D eigenvalue weighted by molar-refractivity contribution is -0.130. The molecule has 3 nitrogen and oxygen atoms in total. The molecule has 6 heteroatoms. The van der Waals surface area contributed by atoms with Gasteiger partial charge in [0.2, 0.25) is 0 Å². The van der Waals surface area contributed by atoms with Crippen LogP contribution in [-0.2, 0) is 10.5 Å². The largest absolute Gasteiger partial charge is 0.272 e. The van der Waals surface area contributed by atoms with Crippen LogP contribution in [0.5, 0.6) is 0 Å². The summed E-state index contributed by atoms with van der Waals surface area (Å²) in [6.45, 7) is 0. The van der Waals surface area contributed by atoms with Crippen LogP contribution in [0.15, 0.2) is 77.2 Å². The van der Waals surface area contributed by atoms with Crippen molar-refractivity contribution < 1.29 is 9.18 Å². The number of hydrazone groups is 1. The number of carbonyl (C=O) groups excluding carboxylic acids is 1. The molecule has 2 heterocycles. The fourth-order valence-electron chi connectivity index (χ4n) is 3.17. The zero-order chi connectivity index (χ0) is 19.3. The maximum absolute atomic E-state index is 13.3. The Morgan fingerprint density at radius 2 is 1.89 bits per heavy atom. The third-order valence-corrected chi connectivity index (χ3v) is 6.47. The van der Waals surface area contributed by atoms with Crippen molar-refractivity contribution in [3.8, 4) is 0 Å². The van der Waals surface area contributed by atoms with Crippen molar-refractivity contribution in [3.05, 3.63) is 93.9 Å². The fraction of sp³-hybridized carbons (Fsp3) is 0.182. The van der Waals surface area contributed by atoms with Crippen LogP contribution in [0, 0.1) is 5.82 Å². The Labute approximate surface area is 171 Å². The first-order valence-corrected chi connectivity index (χ1v) is 11.0. The van der Waals surface area contributed by atoms with Crippen molar-refractivity contribution in [3.63, 3.8) is 0 Å². The van der Waals surface area contributed by atoms with Crippen LogP contribution in [0.4, 0.5) is 4.39 Å². The van der Waals surface area contributed by atoms with Gasteiger partial charge in [-0.1, -0.05) is 48.5 Å². The number of rotatable bonds is 6. The molecule has 1 aromatic heterocycles. The Kier molecular flexibility index (Phi) is 5.88. The number of nitrogens with zero attached hydrogens (tertiary/aromatic N) is 2.